The van der Waals surface area contributed by atoms with Gasteiger partial charge >= 0.3 is 11.9 Å². The minimum absolute atomic E-state index is 0.225. The van der Waals surface area contributed by atoms with Gasteiger partial charge in [0.1, 0.15) is 0 Å². The van der Waals surface area contributed by atoms with Crippen molar-refractivity contribution < 1.29 is 19.1 Å². The molecule has 0 saturated heterocycles. The maximum absolute atomic E-state index is 11.1. The average molecular weight is 286 g/mol. The van der Waals surface area contributed by atoms with Crippen molar-refractivity contribution in [2.24, 2.45) is 0 Å². The summed E-state index contributed by atoms with van der Waals surface area (Å²) >= 11 is 1.45. The van der Waals surface area contributed by atoms with Crippen molar-refractivity contribution in [1.82, 2.24) is 4.98 Å². The van der Waals surface area contributed by atoms with E-state index in [1.807, 2.05) is 5.38 Å². The number of carbonyl (C=O) groups excluding carboxylic acids is 2. The molecule has 19 heavy (non-hydrogen) atoms. The molecule has 0 unspecified atom stereocenters. The van der Waals surface area contributed by atoms with Crippen LogP contribution in [0.5, 0.6) is 0 Å². The van der Waals surface area contributed by atoms with Crippen LogP contribution in [0.1, 0.15) is 25.5 Å². The zero-order valence-corrected chi connectivity index (χ0v) is 11.9. The van der Waals surface area contributed by atoms with Crippen molar-refractivity contribution in [3.8, 4) is 0 Å². The largest absolute Gasteiger partial charge is 0.469 e. The van der Waals surface area contributed by atoms with Crippen molar-refractivity contribution in [1.29, 1.82) is 0 Å². The highest BCUT2D eigenvalue weighted by Gasteiger charge is 2.06. The number of aromatic nitrogens is 1. The molecular weight excluding hydrogens is 268 g/mol. The topological polar surface area (TPSA) is 77.5 Å². The number of rotatable bonds is 8. The molecule has 1 heterocycles. The molecule has 0 aromatic carbocycles. The number of ether oxygens (including phenoxy) is 2. The number of carbonyl (C=O) groups is 2. The van der Waals surface area contributed by atoms with Crippen molar-refractivity contribution in [2.75, 3.05) is 25.6 Å². The molecule has 0 atom stereocenters. The maximum atomic E-state index is 11.1. The second kappa shape index (κ2) is 8.47. The summed E-state index contributed by atoms with van der Waals surface area (Å²) in [4.78, 5) is 26.4. The third-order valence-corrected chi connectivity index (χ3v) is 3.12. The summed E-state index contributed by atoms with van der Waals surface area (Å²) in [6, 6.07) is 0. The molecule has 1 N–H and O–H groups in total. The lowest BCUT2D eigenvalue weighted by molar-refractivity contribution is -0.143. The van der Waals surface area contributed by atoms with Crippen LogP contribution in [0, 0.1) is 0 Å². The van der Waals surface area contributed by atoms with Crippen molar-refractivity contribution >= 4 is 28.4 Å². The second-order valence-corrected chi connectivity index (χ2v) is 4.56. The molecule has 1 rings (SSSR count). The Morgan fingerprint density at radius 1 is 1.37 bits per heavy atom. The summed E-state index contributed by atoms with van der Waals surface area (Å²) in [5.41, 5.74) is 0.842. The van der Waals surface area contributed by atoms with Crippen LogP contribution in [0.25, 0.3) is 0 Å². The fraction of sp³-hybridized carbons (Fsp3) is 0.583. The van der Waals surface area contributed by atoms with Crippen molar-refractivity contribution in [2.45, 2.75) is 26.2 Å². The van der Waals surface area contributed by atoms with Crippen LogP contribution in [0.2, 0.25) is 0 Å². The van der Waals surface area contributed by atoms with Gasteiger partial charge in [-0.2, -0.15) is 0 Å². The predicted molar refractivity (Wildman–Crippen MR) is 72.2 cm³/mol. The monoisotopic (exact) mass is 286 g/mol. The minimum atomic E-state index is -0.246. The highest BCUT2D eigenvalue weighted by molar-refractivity contribution is 7.13. The van der Waals surface area contributed by atoms with Crippen molar-refractivity contribution in [3.05, 3.63) is 11.1 Å². The second-order valence-electron chi connectivity index (χ2n) is 3.70. The third-order valence-electron chi connectivity index (χ3n) is 2.28. The Morgan fingerprint density at radius 3 is 2.84 bits per heavy atom. The molecule has 0 radical (unpaired) electrons. The van der Waals surface area contributed by atoms with E-state index in [0.717, 1.165) is 10.8 Å². The lowest BCUT2D eigenvalue weighted by Gasteiger charge is -2.02. The molecule has 0 amide bonds. The Labute approximate surface area is 116 Å². The van der Waals surface area contributed by atoms with Gasteiger partial charge in [0.15, 0.2) is 5.13 Å². The fourth-order valence-corrected chi connectivity index (χ4v) is 2.11. The number of aryl methyl sites for hydroxylation is 1. The van der Waals surface area contributed by atoms with Gasteiger partial charge in [-0.15, -0.1) is 11.3 Å². The number of thiazole rings is 1. The number of anilines is 1. The van der Waals surface area contributed by atoms with Gasteiger partial charge in [0.25, 0.3) is 0 Å². The quantitative estimate of drug-likeness (QED) is 0.732. The first-order valence-corrected chi connectivity index (χ1v) is 6.94. The Kier molecular flexibility index (Phi) is 6.88. The van der Waals surface area contributed by atoms with E-state index in [-0.39, 0.29) is 11.9 Å². The van der Waals surface area contributed by atoms with E-state index < -0.39 is 0 Å². The normalized spacial score (nSPS) is 10.0. The smallest absolute Gasteiger partial charge is 0.307 e. The summed E-state index contributed by atoms with van der Waals surface area (Å²) in [7, 11) is 1.37. The Hall–Kier alpha value is -1.63. The van der Waals surface area contributed by atoms with Gasteiger partial charge in [-0.05, 0) is 6.92 Å². The van der Waals surface area contributed by atoms with Gasteiger partial charge in [-0.3, -0.25) is 9.59 Å². The maximum Gasteiger partial charge on any atom is 0.307 e. The van der Waals surface area contributed by atoms with E-state index in [9.17, 15) is 9.59 Å². The number of hydrogen-bond donors (Lipinski definition) is 1. The van der Waals surface area contributed by atoms with Crippen LogP contribution in [0.3, 0.4) is 0 Å². The number of methoxy groups -OCH3 is 1. The number of esters is 2. The van der Waals surface area contributed by atoms with Gasteiger partial charge in [0.05, 0.1) is 32.3 Å². The molecule has 0 fully saturated rings. The summed E-state index contributed by atoms with van der Waals surface area (Å²) in [5.74, 6) is -0.470. The van der Waals surface area contributed by atoms with Gasteiger partial charge in [0, 0.05) is 18.3 Å². The van der Waals surface area contributed by atoms with Gasteiger partial charge in [0.2, 0.25) is 0 Å². The lowest BCUT2D eigenvalue weighted by Crippen LogP contribution is -2.11. The molecule has 0 aliphatic carbocycles. The first-order valence-electron chi connectivity index (χ1n) is 6.06. The van der Waals surface area contributed by atoms with E-state index in [2.05, 4.69) is 15.0 Å². The Balaban J connectivity index is 2.26. The van der Waals surface area contributed by atoms with Crippen LogP contribution < -0.4 is 5.32 Å². The first-order chi connectivity index (χ1) is 9.15. The molecule has 6 nitrogen and oxygen atoms in total. The predicted octanol–water partition coefficient (Wildman–Crippen LogP) is 1.61. The SMILES string of the molecule is CCOC(=O)CCNc1nc(CCC(=O)OC)cs1. The van der Waals surface area contributed by atoms with Crippen LogP contribution >= 0.6 is 11.3 Å². The molecule has 1 aromatic rings. The molecule has 106 valence electrons. The third kappa shape index (κ3) is 6.19. The molecule has 7 heteroatoms. The van der Waals surface area contributed by atoms with Gasteiger partial charge in [-0.1, -0.05) is 0 Å². The van der Waals surface area contributed by atoms with E-state index in [0.29, 0.717) is 32.4 Å². The molecule has 1 aromatic heterocycles. The van der Waals surface area contributed by atoms with Crippen LogP contribution in [0.15, 0.2) is 5.38 Å². The standard InChI is InChI=1S/C12H18N2O4S/c1-3-18-11(16)6-7-13-12-14-9(8-19-12)4-5-10(15)17-2/h8H,3-7H2,1-2H3,(H,13,14). The molecular formula is C12H18N2O4S. The fourth-order valence-electron chi connectivity index (χ4n) is 1.34. The molecule has 0 saturated carbocycles. The Bertz CT molecular complexity index is 420. The number of nitrogens with zero attached hydrogens (tertiary/aromatic N) is 1. The summed E-state index contributed by atoms with van der Waals surface area (Å²) in [5, 5.41) is 5.67. The van der Waals surface area contributed by atoms with Gasteiger partial charge in [-0.25, -0.2) is 4.98 Å². The van der Waals surface area contributed by atoms with Crippen molar-refractivity contribution in [3.63, 3.8) is 0 Å². The van der Waals surface area contributed by atoms with Crippen LogP contribution in [-0.2, 0) is 25.5 Å². The summed E-state index contributed by atoms with van der Waals surface area (Å²) in [6.45, 7) is 2.66. The number of hydrogen-bond acceptors (Lipinski definition) is 7. The summed E-state index contributed by atoms with van der Waals surface area (Å²) < 4.78 is 9.38. The zero-order chi connectivity index (χ0) is 14.1. The molecule has 0 aliphatic heterocycles. The molecule has 0 bridgehead atoms. The van der Waals surface area contributed by atoms with E-state index >= 15 is 0 Å². The number of nitrogens with one attached hydrogen (secondary N) is 1. The van der Waals surface area contributed by atoms with Crippen LogP contribution in [-0.4, -0.2) is 37.2 Å². The highest BCUT2D eigenvalue weighted by atomic mass is 32.1. The lowest BCUT2D eigenvalue weighted by atomic mass is 10.2. The molecule has 0 spiro atoms. The van der Waals surface area contributed by atoms with Crippen LogP contribution in [0.4, 0.5) is 5.13 Å². The first kappa shape index (κ1) is 15.4. The zero-order valence-electron chi connectivity index (χ0n) is 11.1. The average Bonchev–Trinajstić information content (AvgIpc) is 2.84. The van der Waals surface area contributed by atoms with E-state index in [1.165, 1.54) is 18.4 Å². The highest BCUT2D eigenvalue weighted by Crippen LogP contribution is 2.16. The molecule has 0 aliphatic rings. The summed E-state index contributed by atoms with van der Waals surface area (Å²) in [6.07, 6.45) is 1.19. The van der Waals surface area contributed by atoms with Gasteiger partial charge < -0.3 is 14.8 Å². The van der Waals surface area contributed by atoms with E-state index in [1.54, 1.807) is 6.92 Å². The minimum Gasteiger partial charge on any atom is -0.469 e. The Morgan fingerprint density at radius 2 is 2.16 bits per heavy atom. The van der Waals surface area contributed by atoms with E-state index in [4.69, 9.17) is 4.74 Å².